The van der Waals surface area contributed by atoms with E-state index in [9.17, 15) is 14.3 Å². The first-order valence-corrected chi connectivity index (χ1v) is 7.22. The number of aromatic nitrogens is 2. The largest absolute Gasteiger partial charge is 0.480 e. The molecule has 124 valence electrons. The number of aryl methyl sites for hydroxylation is 2. The number of hydrogen-bond donors (Lipinski definition) is 2. The molecule has 0 bridgehead atoms. The van der Waals surface area contributed by atoms with Crippen LogP contribution in [0.15, 0.2) is 24.3 Å². The van der Waals surface area contributed by atoms with Crippen molar-refractivity contribution in [2.75, 3.05) is 13.2 Å². The van der Waals surface area contributed by atoms with Crippen LogP contribution >= 0.6 is 0 Å². The van der Waals surface area contributed by atoms with Crippen LogP contribution in [0.4, 0.5) is 4.39 Å². The SMILES string of the molecule is Cc1nn(C)c(C)c1OCC(=O)NC[C@@H](O)c1ccccc1F. The molecule has 0 aliphatic heterocycles. The van der Waals surface area contributed by atoms with Crippen LogP contribution in [-0.4, -0.2) is 33.9 Å². The van der Waals surface area contributed by atoms with Gasteiger partial charge in [-0.25, -0.2) is 4.39 Å². The van der Waals surface area contributed by atoms with E-state index in [0.29, 0.717) is 11.4 Å². The first kappa shape index (κ1) is 17.0. The maximum atomic E-state index is 13.5. The Balaban J connectivity index is 1.85. The van der Waals surface area contributed by atoms with Crippen LogP contribution in [0.5, 0.6) is 5.75 Å². The Labute approximate surface area is 133 Å². The second-order valence-corrected chi connectivity index (χ2v) is 5.25. The average molecular weight is 321 g/mol. The van der Waals surface area contributed by atoms with Crippen molar-refractivity contribution >= 4 is 5.91 Å². The highest BCUT2D eigenvalue weighted by Crippen LogP contribution is 2.21. The normalized spacial score (nSPS) is 12.0. The number of carbonyl (C=O) groups excluding carboxylic acids is 1. The highest BCUT2D eigenvalue weighted by Gasteiger charge is 2.15. The van der Waals surface area contributed by atoms with Crippen molar-refractivity contribution in [1.82, 2.24) is 15.1 Å². The van der Waals surface area contributed by atoms with Crippen LogP contribution in [0, 0.1) is 19.7 Å². The summed E-state index contributed by atoms with van der Waals surface area (Å²) in [7, 11) is 1.79. The van der Waals surface area contributed by atoms with E-state index < -0.39 is 17.8 Å². The summed E-state index contributed by atoms with van der Waals surface area (Å²) in [5.74, 6) is -0.340. The summed E-state index contributed by atoms with van der Waals surface area (Å²) in [6, 6.07) is 5.90. The lowest BCUT2D eigenvalue weighted by Gasteiger charge is -2.13. The standard InChI is InChI=1S/C16H20FN3O3/c1-10-16(11(2)20(3)19-10)23-9-15(22)18-8-14(21)12-6-4-5-7-13(12)17/h4-7,14,21H,8-9H2,1-3H3,(H,18,22)/t14-/m1/s1. The topological polar surface area (TPSA) is 76.4 Å². The average Bonchev–Trinajstić information content (AvgIpc) is 2.76. The Kier molecular flexibility index (Phi) is 5.33. The van der Waals surface area contributed by atoms with Crippen LogP contribution in [-0.2, 0) is 11.8 Å². The number of benzene rings is 1. The molecule has 1 amide bonds. The molecule has 0 spiro atoms. The minimum Gasteiger partial charge on any atom is -0.480 e. The van der Waals surface area contributed by atoms with Crippen LogP contribution in [0.1, 0.15) is 23.1 Å². The van der Waals surface area contributed by atoms with Crippen molar-refractivity contribution in [3.05, 3.63) is 47.0 Å². The van der Waals surface area contributed by atoms with Crippen molar-refractivity contribution in [3.63, 3.8) is 0 Å². The molecule has 1 aromatic carbocycles. The van der Waals surface area contributed by atoms with Gasteiger partial charge in [0.15, 0.2) is 12.4 Å². The molecule has 0 saturated heterocycles. The zero-order valence-electron chi connectivity index (χ0n) is 13.3. The number of carbonyl (C=O) groups is 1. The molecule has 0 fully saturated rings. The van der Waals surface area contributed by atoms with Gasteiger partial charge in [-0.05, 0) is 19.9 Å². The number of nitrogens with one attached hydrogen (secondary N) is 1. The van der Waals surface area contributed by atoms with Crippen molar-refractivity contribution in [2.24, 2.45) is 7.05 Å². The monoisotopic (exact) mass is 321 g/mol. The highest BCUT2D eigenvalue weighted by molar-refractivity contribution is 5.77. The van der Waals surface area contributed by atoms with Gasteiger partial charge in [0.2, 0.25) is 0 Å². The third-order valence-corrected chi connectivity index (χ3v) is 3.55. The Bertz CT molecular complexity index is 700. The minimum absolute atomic E-state index is 0.0892. The third kappa shape index (κ3) is 4.07. The van der Waals surface area contributed by atoms with Crippen molar-refractivity contribution in [1.29, 1.82) is 0 Å². The number of amides is 1. The number of nitrogens with zero attached hydrogens (tertiary/aromatic N) is 2. The maximum Gasteiger partial charge on any atom is 0.258 e. The lowest BCUT2D eigenvalue weighted by molar-refractivity contribution is -0.123. The summed E-state index contributed by atoms with van der Waals surface area (Å²) < 4.78 is 20.7. The molecule has 0 unspecified atom stereocenters. The lowest BCUT2D eigenvalue weighted by Crippen LogP contribution is -2.32. The molecular formula is C16H20FN3O3. The fourth-order valence-electron chi connectivity index (χ4n) is 2.22. The molecule has 2 rings (SSSR count). The fourth-order valence-corrected chi connectivity index (χ4v) is 2.22. The van der Waals surface area contributed by atoms with E-state index in [2.05, 4.69) is 10.4 Å². The van der Waals surface area contributed by atoms with E-state index in [1.165, 1.54) is 18.2 Å². The first-order valence-electron chi connectivity index (χ1n) is 7.22. The van der Waals surface area contributed by atoms with E-state index in [4.69, 9.17) is 4.74 Å². The Morgan fingerprint density at radius 1 is 1.43 bits per heavy atom. The van der Waals surface area contributed by atoms with E-state index in [1.807, 2.05) is 6.92 Å². The second-order valence-electron chi connectivity index (χ2n) is 5.25. The van der Waals surface area contributed by atoms with E-state index in [0.717, 1.165) is 5.69 Å². The van der Waals surface area contributed by atoms with Gasteiger partial charge in [-0.2, -0.15) is 5.10 Å². The summed E-state index contributed by atoms with van der Waals surface area (Å²) in [4.78, 5) is 11.8. The molecule has 0 saturated carbocycles. The quantitative estimate of drug-likeness (QED) is 0.843. The van der Waals surface area contributed by atoms with E-state index in [1.54, 1.807) is 24.7 Å². The number of aliphatic hydroxyl groups is 1. The summed E-state index contributed by atoms with van der Waals surface area (Å²) >= 11 is 0. The Hall–Kier alpha value is -2.41. The zero-order valence-corrected chi connectivity index (χ0v) is 13.3. The van der Waals surface area contributed by atoms with Gasteiger partial charge < -0.3 is 15.2 Å². The molecule has 1 atom stereocenters. The van der Waals surface area contributed by atoms with Gasteiger partial charge in [0.05, 0.1) is 11.8 Å². The van der Waals surface area contributed by atoms with Crippen LogP contribution in [0.2, 0.25) is 0 Å². The van der Waals surface area contributed by atoms with Crippen molar-refractivity contribution in [2.45, 2.75) is 20.0 Å². The number of rotatable bonds is 6. The van der Waals surface area contributed by atoms with Crippen LogP contribution in [0.25, 0.3) is 0 Å². The number of aliphatic hydroxyl groups excluding tert-OH is 1. The van der Waals surface area contributed by atoms with Gasteiger partial charge in [0.1, 0.15) is 11.5 Å². The summed E-state index contributed by atoms with van der Waals surface area (Å²) in [6.45, 7) is 3.35. The summed E-state index contributed by atoms with van der Waals surface area (Å²) in [5, 5.41) is 16.6. The molecule has 7 heteroatoms. The van der Waals surface area contributed by atoms with Gasteiger partial charge in [-0.3, -0.25) is 9.48 Å². The molecule has 6 nitrogen and oxygen atoms in total. The van der Waals surface area contributed by atoms with Crippen LogP contribution < -0.4 is 10.1 Å². The predicted molar refractivity (Wildman–Crippen MR) is 82.5 cm³/mol. The third-order valence-electron chi connectivity index (χ3n) is 3.55. The Morgan fingerprint density at radius 2 is 2.13 bits per heavy atom. The maximum absolute atomic E-state index is 13.5. The molecule has 2 N–H and O–H groups in total. The molecular weight excluding hydrogens is 301 g/mol. The van der Waals surface area contributed by atoms with E-state index >= 15 is 0 Å². The first-order chi connectivity index (χ1) is 10.9. The summed E-state index contributed by atoms with van der Waals surface area (Å²) in [6.07, 6.45) is -1.11. The van der Waals surface area contributed by atoms with Gasteiger partial charge in [-0.1, -0.05) is 18.2 Å². The predicted octanol–water partition coefficient (Wildman–Crippen LogP) is 1.40. The fraction of sp³-hybridized carbons (Fsp3) is 0.375. The highest BCUT2D eigenvalue weighted by atomic mass is 19.1. The van der Waals surface area contributed by atoms with Crippen molar-refractivity contribution in [3.8, 4) is 5.75 Å². The zero-order chi connectivity index (χ0) is 17.0. The second kappa shape index (κ2) is 7.23. The van der Waals surface area contributed by atoms with Crippen LogP contribution in [0.3, 0.4) is 0 Å². The van der Waals surface area contributed by atoms with Gasteiger partial charge in [0.25, 0.3) is 5.91 Å². The lowest BCUT2D eigenvalue weighted by atomic mass is 10.1. The summed E-state index contributed by atoms with van der Waals surface area (Å²) in [5.41, 5.74) is 1.67. The molecule has 0 radical (unpaired) electrons. The van der Waals surface area contributed by atoms with E-state index in [-0.39, 0.29) is 18.7 Å². The molecule has 2 aromatic rings. The molecule has 1 aromatic heterocycles. The minimum atomic E-state index is -1.11. The van der Waals surface area contributed by atoms with Crippen molar-refractivity contribution < 1.29 is 19.0 Å². The molecule has 0 aliphatic carbocycles. The van der Waals surface area contributed by atoms with Gasteiger partial charge in [-0.15, -0.1) is 0 Å². The molecule has 23 heavy (non-hydrogen) atoms. The van der Waals surface area contributed by atoms with Gasteiger partial charge >= 0.3 is 0 Å². The Morgan fingerprint density at radius 3 is 2.74 bits per heavy atom. The number of halogens is 1. The molecule has 1 heterocycles. The smallest absolute Gasteiger partial charge is 0.258 e. The molecule has 0 aliphatic rings. The van der Waals surface area contributed by atoms with Gasteiger partial charge in [0, 0.05) is 19.2 Å². The number of hydrogen-bond acceptors (Lipinski definition) is 4. The number of ether oxygens (including phenoxy) is 1.